The van der Waals surface area contributed by atoms with Gasteiger partial charge in [-0.2, -0.15) is 0 Å². The fourth-order valence-corrected chi connectivity index (χ4v) is 3.28. The van der Waals surface area contributed by atoms with Crippen molar-refractivity contribution in [2.24, 2.45) is 0 Å². The molecule has 0 radical (unpaired) electrons. The summed E-state index contributed by atoms with van der Waals surface area (Å²) in [7, 11) is 0. The number of benzene rings is 2. The standard InChI is InChI=1S/C19H14Cl2N4O/c20-13-5-3-6-14(18(13)21)24-17-11-22-15(10-23-17)19(26)25-9-8-12-4-1-2-7-16(12)25/h1-7,10-11H,8-9H2,(H,23,24). The second kappa shape index (κ2) is 6.94. The molecule has 1 aliphatic heterocycles. The molecule has 26 heavy (non-hydrogen) atoms. The van der Waals surface area contributed by atoms with Crippen LogP contribution in [-0.4, -0.2) is 22.4 Å². The highest BCUT2D eigenvalue weighted by atomic mass is 35.5. The minimum atomic E-state index is -0.158. The van der Waals surface area contributed by atoms with E-state index in [4.69, 9.17) is 23.2 Å². The van der Waals surface area contributed by atoms with Crippen LogP contribution in [0.4, 0.5) is 17.2 Å². The molecule has 7 heteroatoms. The summed E-state index contributed by atoms with van der Waals surface area (Å²) in [4.78, 5) is 23.0. The summed E-state index contributed by atoms with van der Waals surface area (Å²) in [5, 5.41) is 3.90. The zero-order chi connectivity index (χ0) is 18.1. The van der Waals surface area contributed by atoms with Crippen LogP contribution < -0.4 is 10.2 Å². The Balaban J connectivity index is 1.53. The van der Waals surface area contributed by atoms with Gasteiger partial charge in [0.15, 0.2) is 0 Å². The third-order valence-corrected chi connectivity index (χ3v) is 5.04. The molecular weight excluding hydrogens is 371 g/mol. The van der Waals surface area contributed by atoms with Crippen molar-refractivity contribution in [2.45, 2.75) is 6.42 Å². The van der Waals surface area contributed by atoms with Crippen molar-refractivity contribution >= 4 is 46.3 Å². The number of anilines is 3. The van der Waals surface area contributed by atoms with Gasteiger partial charge in [-0.1, -0.05) is 47.5 Å². The molecule has 3 aromatic rings. The van der Waals surface area contributed by atoms with Crippen molar-refractivity contribution in [3.05, 3.63) is 76.2 Å². The SMILES string of the molecule is O=C(c1cnc(Nc2cccc(Cl)c2Cl)cn1)N1CCc2ccccc21. The Morgan fingerprint density at radius 1 is 1.04 bits per heavy atom. The van der Waals surface area contributed by atoms with Crippen LogP contribution in [0.2, 0.25) is 10.0 Å². The van der Waals surface area contributed by atoms with Gasteiger partial charge >= 0.3 is 0 Å². The van der Waals surface area contributed by atoms with Crippen LogP contribution >= 0.6 is 23.2 Å². The maximum atomic E-state index is 12.7. The minimum absolute atomic E-state index is 0.158. The Morgan fingerprint density at radius 2 is 1.88 bits per heavy atom. The van der Waals surface area contributed by atoms with Gasteiger partial charge in [-0.3, -0.25) is 4.79 Å². The average molecular weight is 385 g/mol. The van der Waals surface area contributed by atoms with Crippen molar-refractivity contribution in [1.29, 1.82) is 0 Å². The molecule has 0 bridgehead atoms. The van der Waals surface area contributed by atoms with E-state index in [1.807, 2.05) is 24.3 Å². The normalized spacial score (nSPS) is 12.8. The monoisotopic (exact) mass is 384 g/mol. The largest absolute Gasteiger partial charge is 0.338 e. The smallest absolute Gasteiger partial charge is 0.278 e. The zero-order valence-electron chi connectivity index (χ0n) is 13.6. The van der Waals surface area contributed by atoms with Crippen LogP contribution in [0.1, 0.15) is 16.1 Å². The minimum Gasteiger partial charge on any atom is -0.338 e. The second-order valence-corrected chi connectivity index (χ2v) is 6.63. The predicted octanol–water partition coefficient (Wildman–Crippen LogP) is 4.73. The second-order valence-electron chi connectivity index (χ2n) is 5.85. The highest BCUT2D eigenvalue weighted by molar-refractivity contribution is 6.43. The Bertz CT molecular complexity index is 976. The molecule has 0 spiro atoms. The molecule has 2 heterocycles. The molecule has 0 saturated heterocycles. The lowest BCUT2D eigenvalue weighted by molar-refractivity contribution is 0.0984. The van der Waals surface area contributed by atoms with Crippen molar-refractivity contribution in [2.75, 3.05) is 16.8 Å². The van der Waals surface area contributed by atoms with Gasteiger partial charge in [-0.05, 0) is 30.2 Å². The number of rotatable bonds is 3. The molecule has 0 atom stereocenters. The molecule has 1 aromatic heterocycles. The summed E-state index contributed by atoms with van der Waals surface area (Å²) in [5.41, 5.74) is 3.03. The van der Waals surface area contributed by atoms with Gasteiger partial charge in [-0.15, -0.1) is 0 Å². The molecule has 1 amide bonds. The number of hydrogen-bond donors (Lipinski definition) is 1. The first-order chi connectivity index (χ1) is 12.6. The molecule has 0 fully saturated rings. The maximum absolute atomic E-state index is 12.7. The van der Waals surface area contributed by atoms with Crippen LogP contribution in [0, 0.1) is 0 Å². The van der Waals surface area contributed by atoms with Gasteiger partial charge in [0.1, 0.15) is 11.5 Å². The molecule has 1 N–H and O–H groups in total. The number of nitrogens with zero attached hydrogens (tertiary/aromatic N) is 3. The van der Waals surface area contributed by atoms with E-state index in [9.17, 15) is 4.79 Å². The van der Waals surface area contributed by atoms with Gasteiger partial charge < -0.3 is 10.2 Å². The molecule has 4 rings (SSSR count). The lowest BCUT2D eigenvalue weighted by Crippen LogP contribution is -2.29. The number of fused-ring (bicyclic) bond motifs is 1. The number of carbonyl (C=O) groups is 1. The quantitative estimate of drug-likeness (QED) is 0.708. The first-order valence-electron chi connectivity index (χ1n) is 8.06. The van der Waals surface area contributed by atoms with Crippen molar-refractivity contribution in [3.8, 4) is 0 Å². The van der Waals surface area contributed by atoms with E-state index in [1.165, 1.54) is 18.0 Å². The third-order valence-electron chi connectivity index (χ3n) is 4.22. The topological polar surface area (TPSA) is 58.1 Å². The summed E-state index contributed by atoms with van der Waals surface area (Å²) in [6.07, 6.45) is 3.82. The van der Waals surface area contributed by atoms with E-state index in [-0.39, 0.29) is 5.91 Å². The van der Waals surface area contributed by atoms with Gasteiger partial charge in [0.2, 0.25) is 0 Å². The van der Waals surface area contributed by atoms with Crippen LogP contribution in [0.3, 0.4) is 0 Å². The summed E-state index contributed by atoms with van der Waals surface area (Å²) < 4.78 is 0. The van der Waals surface area contributed by atoms with Crippen LogP contribution in [0.25, 0.3) is 0 Å². The number of para-hydroxylation sites is 1. The summed E-state index contributed by atoms with van der Waals surface area (Å²) >= 11 is 12.2. The van der Waals surface area contributed by atoms with E-state index in [0.29, 0.717) is 33.8 Å². The molecule has 0 unspecified atom stereocenters. The van der Waals surface area contributed by atoms with Crippen LogP contribution in [0.15, 0.2) is 54.9 Å². The third kappa shape index (κ3) is 3.11. The molecule has 130 valence electrons. The molecule has 5 nitrogen and oxygen atoms in total. The molecule has 2 aromatic carbocycles. The summed E-state index contributed by atoms with van der Waals surface area (Å²) in [5.74, 6) is 0.322. The van der Waals surface area contributed by atoms with E-state index in [2.05, 4.69) is 15.3 Å². The van der Waals surface area contributed by atoms with E-state index < -0.39 is 0 Å². The highest BCUT2D eigenvalue weighted by Crippen LogP contribution is 2.31. The molecule has 1 aliphatic rings. The number of nitrogens with one attached hydrogen (secondary N) is 1. The molecule has 0 aliphatic carbocycles. The van der Waals surface area contributed by atoms with Gasteiger partial charge in [-0.25, -0.2) is 9.97 Å². The van der Waals surface area contributed by atoms with Crippen molar-refractivity contribution in [3.63, 3.8) is 0 Å². The Kier molecular flexibility index (Phi) is 4.49. The average Bonchev–Trinajstić information content (AvgIpc) is 3.10. The van der Waals surface area contributed by atoms with Crippen LogP contribution in [0.5, 0.6) is 0 Å². The van der Waals surface area contributed by atoms with Crippen LogP contribution in [-0.2, 0) is 6.42 Å². The Morgan fingerprint density at radius 3 is 2.69 bits per heavy atom. The maximum Gasteiger partial charge on any atom is 0.278 e. The lowest BCUT2D eigenvalue weighted by Gasteiger charge is -2.16. The first kappa shape index (κ1) is 16.8. The van der Waals surface area contributed by atoms with E-state index in [0.717, 1.165) is 12.1 Å². The number of halogens is 2. The molecular formula is C19H14Cl2N4O. The fraction of sp³-hybridized carbons (Fsp3) is 0.105. The molecule has 0 saturated carbocycles. The van der Waals surface area contributed by atoms with Gasteiger partial charge in [0.25, 0.3) is 5.91 Å². The Labute approximate surface area is 160 Å². The van der Waals surface area contributed by atoms with Gasteiger partial charge in [0, 0.05) is 12.2 Å². The number of amides is 1. The van der Waals surface area contributed by atoms with Gasteiger partial charge in [0.05, 0.1) is 28.1 Å². The predicted molar refractivity (Wildman–Crippen MR) is 104 cm³/mol. The Hall–Kier alpha value is -2.63. The van der Waals surface area contributed by atoms with Crippen molar-refractivity contribution in [1.82, 2.24) is 9.97 Å². The number of carbonyl (C=O) groups excluding carboxylic acids is 1. The highest BCUT2D eigenvalue weighted by Gasteiger charge is 2.26. The summed E-state index contributed by atoms with van der Waals surface area (Å²) in [6.45, 7) is 0.651. The summed E-state index contributed by atoms with van der Waals surface area (Å²) in [6, 6.07) is 13.2. The lowest BCUT2D eigenvalue weighted by atomic mass is 10.2. The number of hydrogen-bond acceptors (Lipinski definition) is 4. The number of aromatic nitrogens is 2. The van der Waals surface area contributed by atoms with E-state index >= 15 is 0 Å². The van der Waals surface area contributed by atoms with Crippen molar-refractivity contribution < 1.29 is 4.79 Å². The fourth-order valence-electron chi connectivity index (χ4n) is 2.93. The zero-order valence-corrected chi connectivity index (χ0v) is 15.1. The first-order valence-corrected chi connectivity index (χ1v) is 8.82. The van der Waals surface area contributed by atoms with E-state index in [1.54, 1.807) is 23.1 Å².